The van der Waals surface area contributed by atoms with E-state index in [2.05, 4.69) is 53.3 Å². The van der Waals surface area contributed by atoms with Gasteiger partial charge in [-0.2, -0.15) is 10.2 Å². The zero-order chi connectivity index (χ0) is 31.9. The van der Waals surface area contributed by atoms with Crippen LogP contribution in [-0.2, 0) is 9.53 Å². The molecule has 1 amide bonds. The quantitative estimate of drug-likeness (QED) is 0.352. The van der Waals surface area contributed by atoms with E-state index in [1.54, 1.807) is 25.2 Å². The summed E-state index contributed by atoms with van der Waals surface area (Å²) in [7, 11) is 1.59. The van der Waals surface area contributed by atoms with E-state index in [1.807, 2.05) is 12.1 Å². The van der Waals surface area contributed by atoms with E-state index in [9.17, 15) is 14.4 Å². The molecule has 0 unspecified atom stereocenters. The number of aromatic nitrogens is 3. The minimum Gasteiger partial charge on any atom is -0.486 e. The fourth-order valence-electron chi connectivity index (χ4n) is 5.94. The highest BCUT2D eigenvalue weighted by Crippen LogP contribution is 2.29. The molecule has 3 aliphatic rings. The number of hydrogen-bond acceptors (Lipinski definition) is 11. The number of alkyl halides is 1. The summed E-state index contributed by atoms with van der Waals surface area (Å²) in [5.41, 5.74) is 2.87. The van der Waals surface area contributed by atoms with Crippen LogP contribution in [0.1, 0.15) is 24.8 Å². The van der Waals surface area contributed by atoms with E-state index in [0.717, 1.165) is 51.5 Å². The number of halogens is 1. The Bertz CT molecular complexity index is 1580. The SMILES string of the molecule is C/N=C\CC(=O)N1CC[C@H](Oc2ccc(-c3ncnc(Nc4ccc(N5CCCN(C6COC6)CC5)cc4)n3)cc2C#N)[C@H](F)C1. The molecule has 1 N–H and O–H groups in total. The van der Waals surface area contributed by atoms with Gasteiger partial charge < -0.3 is 29.6 Å². The highest BCUT2D eigenvalue weighted by atomic mass is 19.1. The predicted molar refractivity (Wildman–Crippen MR) is 172 cm³/mol. The molecule has 0 bridgehead atoms. The Kier molecular flexibility index (Phi) is 9.95. The van der Waals surface area contributed by atoms with Crippen LogP contribution in [0, 0.1) is 11.3 Å². The zero-order valence-electron chi connectivity index (χ0n) is 25.9. The maximum Gasteiger partial charge on any atom is 0.230 e. The summed E-state index contributed by atoms with van der Waals surface area (Å²) in [4.78, 5) is 35.7. The molecule has 2 atom stereocenters. The highest BCUT2D eigenvalue weighted by molar-refractivity contribution is 5.89. The Labute approximate surface area is 267 Å². The first-order valence-corrected chi connectivity index (χ1v) is 15.7. The fourth-order valence-corrected chi connectivity index (χ4v) is 5.94. The van der Waals surface area contributed by atoms with Crippen molar-refractivity contribution >= 4 is 29.4 Å². The van der Waals surface area contributed by atoms with Crippen molar-refractivity contribution in [1.82, 2.24) is 24.8 Å². The van der Waals surface area contributed by atoms with Crippen LogP contribution in [-0.4, -0.2) is 115 Å². The van der Waals surface area contributed by atoms with Gasteiger partial charge in [-0.05, 0) is 48.9 Å². The number of carbonyl (C=O) groups is 1. The van der Waals surface area contributed by atoms with Crippen LogP contribution in [0.5, 0.6) is 5.75 Å². The third-order valence-corrected chi connectivity index (χ3v) is 8.65. The fraction of sp³-hybridized carbons (Fsp3) is 0.455. The molecule has 0 radical (unpaired) electrons. The summed E-state index contributed by atoms with van der Waals surface area (Å²) in [6.07, 6.45) is 2.37. The van der Waals surface area contributed by atoms with Crippen molar-refractivity contribution in [3.05, 3.63) is 54.4 Å². The van der Waals surface area contributed by atoms with Crippen LogP contribution >= 0.6 is 0 Å². The van der Waals surface area contributed by atoms with E-state index in [-0.39, 0.29) is 30.2 Å². The third kappa shape index (κ3) is 7.41. The standard InChI is InChI=1S/C33H38FN9O3/c1-36-11-9-31(44)43-14-10-30(28(34)19-43)46-29-8-3-23(17-24(29)18-35)32-37-22-38-33(40-32)39-25-4-6-26(7-5-25)41-12-2-13-42(16-15-41)27-20-45-21-27/h3-8,11,17,22,27-28,30H,2,9-10,12-16,19-21H2,1H3,(H,37,38,39,40)/b36-11-/t28-,30+/m1/s1. The topological polar surface area (TPSA) is 132 Å². The Morgan fingerprint density at radius 3 is 2.74 bits per heavy atom. The highest BCUT2D eigenvalue weighted by Gasteiger charge is 2.33. The number of benzene rings is 2. The van der Waals surface area contributed by atoms with Crippen molar-refractivity contribution in [1.29, 1.82) is 5.26 Å². The second-order valence-electron chi connectivity index (χ2n) is 11.6. The first-order chi connectivity index (χ1) is 22.5. The van der Waals surface area contributed by atoms with Gasteiger partial charge in [0.2, 0.25) is 11.9 Å². The van der Waals surface area contributed by atoms with Gasteiger partial charge >= 0.3 is 0 Å². The molecule has 13 heteroatoms. The van der Waals surface area contributed by atoms with Gasteiger partial charge in [-0.1, -0.05) is 0 Å². The van der Waals surface area contributed by atoms with Crippen molar-refractivity contribution in [3.8, 4) is 23.2 Å². The number of likely N-dealkylation sites (tertiary alicyclic amines) is 1. The number of nitrogens with zero attached hydrogens (tertiary/aromatic N) is 8. The van der Waals surface area contributed by atoms with Crippen molar-refractivity contribution in [2.45, 2.75) is 37.6 Å². The van der Waals surface area contributed by atoms with Gasteiger partial charge in [-0.15, -0.1) is 0 Å². The van der Waals surface area contributed by atoms with Gasteiger partial charge in [0.25, 0.3) is 0 Å². The Morgan fingerprint density at radius 2 is 2.00 bits per heavy atom. The second-order valence-corrected chi connectivity index (χ2v) is 11.6. The molecule has 3 fully saturated rings. The number of rotatable bonds is 9. The molecular formula is C33H38FN9O3. The maximum absolute atomic E-state index is 15.0. The van der Waals surface area contributed by atoms with Gasteiger partial charge in [0.15, 0.2) is 12.0 Å². The van der Waals surface area contributed by atoms with E-state index < -0.39 is 12.3 Å². The summed E-state index contributed by atoms with van der Waals surface area (Å²) in [5.74, 6) is 0.862. The first-order valence-electron chi connectivity index (χ1n) is 15.7. The average molecular weight is 628 g/mol. The molecule has 0 aliphatic carbocycles. The Morgan fingerprint density at radius 1 is 1.15 bits per heavy atom. The number of nitriles is 1. The summed E-state index contributed by atoms with van der Waals surface area (Å²) < 4.78 is 26.3. The first kappa shape index (κ1) is 31.3. The number of piperidine rings is 1. The van der Waals surface area contributed by atoms with Crippen molar-refractivity contribution in [2.75, 3.05) is 69.7 Å². The molecule has 2 aromatic carbocycles. The molecular weight excluding hydrogens is 589 g/mol. The lowest BCUT2D eigenvalue weighted by atomic mass is 10.0. The minimum absolute atomic E-state index is 0.0576. The largest absolute Gasteiger partial charge is 0.486 e. The van der Waals surface area contributed by atoms with Gasteiger partial charge in [-0.3, -0.25) is 9.69 Å². The average Bonchev–Trinajstić information content (AvgIpc) is 3.30. The smallest absolute Gasteiger partial charge is 0.230 e. The second kappa shape index (κ2) is 14.6. The molecule has 6 rings (SSSR count). The van der Waals surface area contributed by atoms with E-state index in [1.165, 1.54) is 23.1 Å². The number of aliphatic imine (C=N–C) groups is 1. The van der Waals surface area contributed by atoms with Crippen molar-refractivity contribution < 1.29 is 18.7 Å². The molecule has 12 nitrogen and oxygen atoms in total. The molecule has 240 valence electrons. The number of ether oxygens (including phenoxy) is 2. The lowest BCUT2D eigenvalue weighted by Gasteiger charge is -2.36. The molecule has 1 aromatic heterocycles. The molecule has 0 spiro atoms. The summed E-state index contributed by atoms with van der Waals surface area (Å²) in [5, 5.41) is 13.1. The Hall–Kier alpha value is -4.67. The number of nitrogens with one attached hydrogen (secondary N) is 1. The molecule has 46 heavy (non-hydrogen) atoms. The van der Waals surface area contributed by atoms with Crippen molar-refractivity contribution in [3.63, 3.8) is 0 Å². The van der Waals surface area contributed by atoms with E-state index in [4.69, 9.17) is 9.47 Å². The van der Waals surface area contributed by atoms with Crippen LogP contribution in [0.4, 0.5) is 21.7 Å². The monoisotopic (exact) mass is 627 g/mol. The van der Waals surface area contributed by atoms with Crippen LogP contribution in [0.15, 0.2) is 53.8 Å². The summed E-state index contributed by atoms with van der Waals surface area (Å²) >= 11 is 0. The number of anilines is 3. The normalized spacial score (nSPS) is 21.0. The van der Waals surface area contributed by atoms with Gasteiger partial charge in [-0.25, -0.2) is 14.4 Å². The molecule has 3 aromatic rings. The minimum atomic E-state index is -1.38. The Balaban J connectivity index is 1.07. The maximum atomic E-state index is 15.0. The summed E-state index contributed by atoms with van der Waals surface area (Å²) in [6.45, 7) is 6.16. The van der Waals surface area contributed by atoms with Gasteiger partial charge in [0, 0.05) is 69.3 Å². The lowest BCUT2D eigenvalue weighted by molar-refractivity contribution is -0.133. The zero-order valence-corrected chi connectivity index (χ0v) is 25.9. The molecule has 3 aliphatic heterocycles. The predicted octanol–water partition coefficient (Wildman–Crippen LogP) is 3.47. The summed E-state index contributed by atoms with van der Waals surface area (Å²) in [6, 6.07) is 15.9. The molecule has 4 heterocycles. The molecule has 0 saturated carbocycles. The van der Waals surface area contributed by atoms with Crippen LogP contribution in [0.25, 0.3) is 11.4 Å². The van der Waals surface area contributed by atoms with Gasteiger partial charge in [0.1, 0.15) is 24.3 Å². The number of amides is 1. The van der Waals surface area contributed by atoms with E-state index in [0.29, 0.717) is 36.3 Å². The number of hydrogen-bond donors (Lipinski definition) is 1. The lowest BCUT2D eigenvalue weighted by Crippen LogP contribution is -2.50. The van der Waals surface area contributed by atoms with Crippen LogP contribution in [0.2, 0.25) is 0 Å². The van der Waals surface area contributed by atoms with Crippen LogP contribution < -0.4 is 15.0 Å². The van der Waals surface area contributed by atoms with Crippen LogP contribution in [0.3, 0.4) is 0 Å². The number of carbonyl (C=O) groups excluding carboxylic acids is 1. The van der Waals surface area contributed by atoms with E-state index >= 15 is 0 Å². The van der Waals surface area contributed by atoms with Crippen molar-refractivity contribution in [2.24, 2.45) is 4.99 Å². The molecule has 3 saturated heterocycles. The van der Waals surface area contributed by atoms with Gasteiger partial charge in [0.05, 0.1) is 37.8 Å². The third-order valence-electron chi connectivity index (χ3n) is 8.65.